The van der Waals surface area contributed by atoms with Gasteiger partial charge in [-0.05, 0) is 77.0 Å². The van der Waals surface area contributed by atoms with E-state index in [4.69, 9.17) is 4.74 Å². The molecule has 112 valence electrons. The van der Waals surface area contributed by atoms with Crippen LogP contribution in [0.4, 0.5) is 0 Å². The first-order chi connectivity index (χ1) is 9.74. The maximum atomic E-state index is 5.51. The van der Waals surface area contributed by atoms with Gasteiger partial charge in [-0.15, -0.1) is 0 Å². The highest BCUT2D eigenvalue weighted by Crippen LogP contribution is 2.27. The van der Waals surface area contributed by atoms with Gasteiger partial charge in [0.05, 0.1) is 6.61 Å². The summed E-state index contributed by atoms with van der Waals surface area (Å²) in [4.78, 5) is 2.60. The van der Waals surface area contributed by atoms with E-state index in [-0.39, 0.29) is 0 Å². The number of benzene rings is 1. The van der Waals surface area contributed by atoms with Gasteiger partial charge in [0.15, 0.2) is 0 Å². The van der Waals surface area contributed by atoms with E-state index in [0.29, 0.717) is 6.04 Å². The zero-order chi connectivity index (χ0) is 14.4. The first-order valence-corrected chi connectivity index (χ1v) is 7.86. The van der Waals surface area contributed by atoms with Crippen molar-refractivity contribution in [2.45, 2.75) is 32.7 Å². The van der Waals surface area contributed by atoms with Gasteiger partial charge in [-0.1, -0.05) is 12.1 Å². The van der Waals surface area contributed by atoms with Crippen LogP contribution in [0.3, 0.4) is 0 Å². The zero-order valence-electron chi connectivity index (χ0n) is 13.1. The van der Waals surface area contributed by atoms with Crippen LogP contribution in [0.5, 0.6) is 5.75 Å². The first kappa shape index (κ1) is 15.3. The van der Waals surface area contributed by atoms with Crippen molar-refractivity contribution in [3.05, 3.63) is 29.8 Å². The molecule has 1 saturated heterocycles. The van der Waals surface area contributed by atoms with Gasteiger partial charge >= 0.3 is 0 Å². The number of hydrogen-bond acceptors (Lipinski definition) is 3. The predicted octanol–water partition coefficient (Wildman–Crippen LogP) is 3.08. The highest BCUT2D eigenvalue weighted by Gasteiger charge is 2.22. The smallest absolute Gasteiger partial charge is 0.119 e. The molecule has 1 aliphatic heterocycles. The first-order valence-electron chi connectivity index (χ1n) is 7.86. The Morgan fingerprint density at radius 3 is 2.45 bits per heavy atom. The largest absolute Gasteiger partial charge is 0.494 e. The summed E-state index contributed by atoms with van der Waals surface area (Å²) < 4.78 is 5.51. The van der Waals surface area contributed by atoms with Crippen molar-refractivity contribution in [1.82, 2.24) is 10.2 Å². The molecule has 3 nitrogen and oxygen atoms in total. The monoisotopic (exact) mass is 276 g/mol. The third kappa shape index (κ3) is 3.97. The molecule has 1 aromatic carbocycles. The van der Waals surface area contributed by atoms with Crippen molar-refractivity contribution in [1.29, 1.82) is 0 Å². The zero-order valence-corrected chi connectivity index (χ0v) is 13.1. The topological polar surface area (TPSA) is 24.5 Å². The molecule has 0 saturated carbocycles. The fourth-order valence-corrected chi connectivity index (χ4v) is 3.05. The van der Waals surface area contributed by atoms with Crippen LogP contribution in [0.15, 0.2) is 24.3 Å². The lowest BCUT2D eigenvalue weighted by Gasteiger charge is -2.36. The lowest BCUT2D eigenvalue weighted by atomic mass is 9.94. The van der Waals surface area contributed by atoms with Gasteiger partial charge < -0.3 is 10.1 Å². The molecule has 3 heteroatoms. The second-order valence-electron chi connectivity index (χ2n) is 5.72. The summed E-state index contributed by atoms with van der Waals surface area (Å²) in [5, 5.41) is 3.30. The van der Waals surface area contributed by atoms with Crippen LogP contribution in [0.2, 0.25) is 0 Å². The highest BCUT2D eigenvalue weighted by molar-refractivity contribution is 5.29. The minimum absolute atomic E-state index is 0.501. The Morgan fingerprint density at radius 2 is 1.90 bits per heavy atom. The number of likely N-dealkylation sites (tertiary alicyclic amines) is 1. The number of hydrogen-bond donors (Lipinski definition) is 1. The average molecular weight is 276 g/mol. The Bertz CT molecular complexity index is 382. The number of piperidine rings is 1. The van der Waals surface area contributed by atoms with Gasteiger partial charge in [-0.2, -0.15) is 0 Å². The molecule has 1 atom stereocenters. The van der Waals surface area contributed by atoms with Crippen LogP contribution in [0, 0.1) is 5.92 Å². The molecule has 0 aliphatic carbocycles. The fraction of sp³-hybridized carbons (Fsp3) is 0.647. The normalized spacial score (nSPS) is 18.9. The summed E-state index contributed by atoms with van der Waals surface area (Å²) in [6.07, 6.45) is 2.62. The molecule has 0 amide bonds. The fourth-order valence-electron chi connectivity index (χ4n) is 3.05. The molecule has 0 spiro atoms. The van der Waals surface area contributed by atoms with Gasteiger partial charge in [0.25, 0.3) is 0 Å². The van der Waals surface area contributed by atoms with E-state index < -0.39 is 0 Å². The molecule has 1 aliphatic rings. The maximum Gasteiger partial charge on any atom is 0.119 e. The van der Waals surface area contributed by atoms with Crippen LogP contribution >= 0.6 is 0 Å². The third-order valence-corrected chi connectivity index (χ3v) is 4.36. The van der Waals surface area contributed by atoms with Crippen LogP contribution in [0.25, 0.3) is 0 Å². The quantitative estimate of drug-likeness (QED) is 0.864. The Morgan fingerprint density at radius 1 is 1.25 bits per heavy atom. The molecular weight excluding hydrogens is 248 g/mol. The van der Waals surface area contributed by atoms with Gasteiger partial charge in [0.1, 0.15) is 5.75 Å². The summed E-state index contributed by atoms with van der Waals surface area (Å²) in [6, 6.07) is 9.08. The Hall–Kier alpha value is -1.06. The van der Waals surface area contributed by atoms with E-state index >= 15 is 0 Å². The minimum Gasteiger partial charge on any atom is -0.494 e. The molecular formula is C17H28N2O. The number of nitrogens with zero attached hydrogens (tertiary/aromatic N) is 1. The van der Waals surface area contributed by atoms with E-state index in [1.807, 2.05) is 6.92 Å². The van der Waals surface area contributed by atoms with Gasteiger partial charge in [-0.3, -0.25) is 4.90 Å². The summed E-state index contributed by atoms with van der Waals surface area (Å²) in [5.41, 5.74) is 1.39. The molecule has 1 N–H and O–H groups in total. The van der Waals surface area contributed by atoms with E-state index in [1.165, 1.54) is 31.5 Å². The molecule has 1 heterocycles. The number of nitrogens with one attached hydrogen (secondary N) is 1. The molecule has 20 heavy (non-hydrogen) atoms. The highest BCUT2D eigenvalue weighted by atomic mass is 16.5. The van der Waals surface area contributed by atoms with Gasteiger partial charge in [0, 0.05) is 6.04 Å². The Balaban J connectivity index is 1.89. The van der Waals surface area contributed by atoms with Crippen LogP contribution in [-0.2, 0) is 0 Å². The lowest BCUT2D eigenvalue weighted by molar-refractivity contribution is 0.141. The summed E-state index contributed by atoms with van der Waals surface area (Å²) >= 11 is 0. The van der Waals surface area contributed by atoms with Gasteiger partial charge in [-0.25, -0.2) is 0 Å². The SMILES string of the molecule is CCOc1ccc(C(C)N2CCC(CNC)CC2)cc1. The summed E-state index contributed by atoms with van der Waals surface area (Å²) in [5.74, 6) is 1.82. The van der Waals surface area contributed by atoms with Crippen LogP contribution in [0.1, 0.15) is 38.3 Å². The summed E-state index contributed by atoms with van der Waals surface area (Å²) in [7, 11) is 2.05. The van der Waals surface area contributed by atoms with E-state index in [9.17, 15) is 0 Å². The third-order valence-electron chi connectivity index (χ3n) is 4.36. The van der Waals surface area contributed by atoms with Crippen molar-refractivity contribution in [2.75, 3.05) is 33.3 Å². The minimum atomic E-state index is 0.501. The standard InChI is InChI=1S/C17H28N2O/c1-4-20-17-7-5-16(6-8-17)14(2)19-11-9-15(10-12-19)13-18-3/h5-8,14-15,18H,4,9-13H2,1-3H3. The van der Waals surface area contributed by atoms with Crippen molar-refractivity contribution in [3.8, 4) is 5.75 Å². The predicted molar refractivity (Wildman–Crippen MR) is 84.2 cm³/mol. The Kier molecular flexibility index (Phi) is 5.86. The average Bonchev–Trinajstić information content (AvgIpc) is 2.49. The molecule has 2 rings (SSSR count). The van der Waals surface area contributed by atoms with Crippen molar-refractivity contribution < 1.29 is 4.74 Å². The molecule has 1 aromatic rings. The van der Waals surface area contributed by atoms with Crippen molar-refractivity contribution in [2.24, 2.45) is 5.92 Å². The lowest BCUT2D eigenvalue weighted by Crippen LogP contribution is -2.38. The van der Waals surface area contributed by atoms with Crippen LogP contribution < -0.4 is 10.1 Å². The van der Waals surface area contributed by atoms with E-state index in [2.05, 4.69) is 48.5 Å². The molecule has 1 unspecified atom stereocenters. The van der Waals surface area contributed by atoms with Crippen LogP contribution in [-0.4, -0.2) is 38.2 Å². The summed E-state index contributed by atoms with van der Waals surface area (Å²) in [6.45, 7) is 8.64. The number of rotatable bonds is 6. The maximum absolute atomic E-state index is 5.51. The second kappa shape index (κ2) is 7.65. The van der Waals surface area contributed by atoms with Gasteiger partial charge in [0.2, 0.25) is 0 Å². The Labute approximate surface area is 123 Å². The molecule has 0 bridgehead atoms. The van der Waals surface area contributed by atoms with E-state index in [1.54, 1.807) is 0 Å². The van der Waals surface area contributed by atoms with Crippen molar-refractivity contribution in [3.63, 3.8) is 0 Å². The number of ether oxygens (including phenoxy) is 1. The molecule has 0 aromatic heterocycles. The molecule has 1 fully saturated rings. The second-order valence-corrected chi connectivity index (χ2v) is 5.72. The van der Waals surface area contributed by atoms with E-state index in [0.717, 1.165) is 24.8 Å². The molecule has 0 radical (unpaired) electrons. The van der Waals surface area contributed by atoms with Crippen molar-refractivity contribution >= 4 is 0 Å².